The highest BCUT2D eigenvalue weighted by Gasteiger charge is 2.41. The maximum atomic E-state index is 13.5. The fourth-order valence-electron chi connectivity index (χ4n) is 4.50. The van der Waals surface area contributed by atoms with Gasteiger partial charge in [-0.1, -0.05) is 47.5 Å². The van der Waals surface area contributed by atoms with E-state index in [9.17, 15) is 9.59 Å². The topological polar surface area (TPSA) is 64.4 Å². The van der Waals surface area contributed by atoms with Gasteiger partial charge in [-0.05, 0) is 56.2 Å². The van der Waals surface area contributed by atoms with E-state index in [0.29, 0.717) is 27.8 Å². The molecule has 0 bridgehead atoms. The number of benzene rings is 2. The van der Waals surface area contributed by atoms with Gasteiger partial charge in [-0.15, -0.1) is 0 Å². The van der Waals surface area contributed by atoms with E-state index in [0.717, 1.165) is 11.1 Å². The molecule has 4 rings (SSSR count). The van der Waals surface area contributed by atoms with Crippen LogP contribution in [0.25, 0.3) is 0 Å². The van der Waals surface area contributed by atoms with Crippen molar-refractivity contribution in [2.75, 3.05) is 13.7 Å². The standard InChI is InChI=1S/C25H25Cl2N3O3/c1-14(2)29-13-20(30-22(24(29)32)15(3)23(31)28-25(30)33-4)21(16-5-9-18(26)10-6-16)17-7-11-19(27)12-8-17/h5-12,14,20-21H,13H2,1-4H3. The van der Waals surface area contributed by atoms with Gasteiger partial charge in [-0.2, -0.15) is 4.98 Å². The highest BCUT2D eigenvalue weighted by atomic mass is 35.5. The number of nitrogens with zero attached hydrogens (tertiary/aromatic N) is 3. The van der Waals surface area contributed by atoms with E-state index in [1.807, 2.05) is 62.4 Å². The van der Waals surface area contributed by atoms with Crippen molar-refractivity contribution in [1.29, 1.82) is 0 Å². The largest absolute Gasteiger partial charge is 0.468 e. The third-order valence-electron chi connectivity index (χ3n) is 6.15. The van der Waals surface area contributed by atoms with E-state index in [4.69, 9.17) is 27.9 Å². The lowest BCUT2D eigenvalue weighted by atomic mass is 9.83. The van der Waals surface area contributed by atoms with Crippen molar-refractivity contribution in [3.8, 4) is 6.01 Å². The van der Waals surface area contributed by atoms with Gasteiger partial charge in [0.2, 0.25) is 0 Å². The van der Waals surface area contributed by atoms with E-state index in [-0.39, 0.29) is 29.9 Å². The molecule has 0 saturated carbocycles. The molecule has 6 nitrogen and oxygen atoms in total. The van der Waals surface area contributed by atoms with E-state index >= 15 is 0 Å². The Morgan fingerprint density at radius 3 is 1.94 bits per heavy atom. The number of aromatic nitrogens is 2. The zero-order chi connectivity index (χ0) is 23.9. The van der Waals surface area contributed by atoms with Crippen LogP contribution in [-0.4, -0.2) is 40.1 Å². The molecule has 1 aromatic heterocycles. The quantitative estimate of drug-likeness (QED) is 0.503. The fourth-order valence-corrected chi connectivity index (χ4v) is 4.75. The molecule has 1 unspecified atom stereocenters. The predicted molar refractivity (Wildman–Crippen MR) is 130 cm³/mol. The first kappa shape index (κ1) is 23.3. The summed E-state index contributed by atoms with van der Waals surface area (Å²) in [4.78, 5) is 32.0. The summed E-state index contributed by atoms with van der Waals surface area (Å²) in [7, 11) is 1.46. The van der Waals surface area contributed by atoms with Gasteiger partial charge in [0.25, 0.3) is 17.5 Å². The monoisotopic (exact) mass is 485 g/mol. The Labute approximate surface area is 202 Å². The molecule has 0 radical (unpaired) electrons. The van der Waals surface area contributed by atoms with Crippen molar-refractivity contribution in [1.82, 2.24) is 14.5 Å². The van der Waals surface area contributed by atoms with E-state index in [2.05, 4.69) is 4.98 Å². The van der Waals surface area contributed by atoms with Crippen LogP contribution in [0.4, 0.5) is 0 Å². The average molecular weight is 486 g/mol. The Hall–Kier alpha value is -2.83. The molecule has 1 atom stereocenters. The van der Waals surface area contributed by atoms with Gasteiger partial charge in [0.05, 0.1) is 13.2 Å². The molecule has 0 fully saturated rings. The van der Waals surface area contributed by atoms with Crippen LogP contribution in [0.5, 0.6) is 6.01 Å². The molecule has 0 spiro atoms. The zero-order valence-corrected chi connectivity index (χ0v) is 20.4. The van der Waals surface area contributed by atoms with Gasteiger partial charge in [0.1, 0.15) is 5.69 Å². The van der Waals surface area contributed by atoms with Crippen LogP contribution in [0.15, 0.2) is 53.3 Å². The zero-order valence-electron chi connectivity index (χ0n) is 18.9. The lowest BCUT2D eigenvalue weighted by Crippen LogP contribution is -2.50. The van der Waals surface area contributed by atoms with Gasteiger partial charge in [-0.25, -0.2) is 0 Å². The molecule has 2 aromatic carbocycles. The van der Waals surface area contributed by atoms with Crippen LogP contribution in [0, 0.1) is 6.92 Å². The summed E-state index contributed by atoms with van der Waals surface area (Å²) in [5.74, 6) is -0.396. The molecular formula is C25H25Cl2N3O3. The van der Waals surface area contributed by atoms with Crippen LogP contribution in [0.3, 0.4) is 0 Å². The van der Waals surface area contributed by atoms with Crippen molar-refractivity contribution >= 4 is 29.1 Å². The molecular weight excluding hydrogens is 461 g/mol. The highest BCUT2D eigenvalue weighted by Crippen LogP contribution is 2.41. The highest BCUT2D eigenvalue weighted by molar-refractivity contribution is 6.30. The second kappa shape index (κ2) is 9.20. The van der Waals surface area contributed by atoms with Crippen LogP contribution < -0.4 is 10.3 Å². The minimum absolute atomic E-state index is 0.0569. The number of amides is 1. The van der Waals surface area contributed by atoms with Gasteiger partial charge < -0.3 is 9.64 Å². The molecule has 1 aliphatic rings. The summed E-state index contributed by atoms with van der Waals surface area (Å²) >= 11 is 12.4. The predicted octanol–water partition coefficient (Wildman–Crippen LogP) is 5.10. The second-order valence-corrected chi connectivity index (χ2v) is 9.32. The smallest absolute Gasteiger partial charge is 0.300 e. The molecule has 172 valence electrons. The number of fused-ring (bicyclic) bond motifs is 1. The van der Waals surface area contributed by atoms with Gasteiger partial charge in [0, 0.05) is 34.1 Å². The molecule has 3 aromatic rings. The normalized spacial score (nSPS) is 15.8. The van der Waals surface area contributed by atoms with Crippen LogP contribution in [0.2, 0.25) is 10.0 Å². The third kappa shape index (κ3) is 4.25. The Morgan fingerprint density at radius 1 is 0.970 bits per heavy atom. The Kier molecular flexibility index (Phi) is 6.50. The van der Waals surface area contributed by atoms with E-state index in [1.165, 1.54) is 7.11 Å². The summed E-state index contributed by atoms with van der Waals surface area (Å²) in [6, 6.07) is 15.1. The average Bonchev–Trinajstić information content (AvgIpc) is 2.79. The molecule has 0 saturated heterocycles. The number of ether oxygens (including phenoxy) is 1. The first-order valence-electron chi connectivity index (χ1n) is 10.7. The number of rotatable bonds is 5. The lowest BCUT2D eigenvalue weighted by molar-refractivity contribution is 0.0578. The van der Waals surface area contributed by atoms with Crippen molar-refractivity contribution in [2.24, 2.45) is 0 Å². The lowest BCUT2D eigenvalue weighted by Gasteiger charge is -2.42. The molecule has 33 heavy (non-hydrogen) atoms. The van der Waals surface area contributed by atoms with Crippen LogP contribution >= 0.6 is 23.2 Å². The SMILES string of the molecule is COc1nc(=O)c(C)c2n1C(C(c1ccc(Cl)cc1)c1ccc(Cl)cc1)CN(C(C)C)C2=O. The maximum Gasteiger partial charge on any atom is 0.300 e. The van der Waals surface area contributed by atoms with Crippen LogP contribution in [0.1, 0.15) is 53.0 Å². The van der Waals surface area contributed by atoms with Crippen molar-refractivity contribution < 1.29 is 9.53 Å². The number of hydrogen-bond donors (Lipinski definition) is 0. The summed E-state index contributed by atoms with van der Waals surface area (Å²) in [6.45, 7) is 5.99. The fraction of sp³-hybridized carbons (Fsp3) is 0.320. The van der Waals surface area contributed by atoms with Gasteiger partial charge in [0.15, 0.2) is 0 Å². The van der Waals surface area contributed by atoms with Crippen molar-refractivity contribution in [2.45, 2.75) is 38.8 Å². The van der Waals surface area contributed by atoms with Crippen molar-refractivity contribution in [3.05, 3.63) is 91.3 Å². The first-order valence-corrected chi connectivity index (χ1v) is 11.5. The molecule has 1 amide bonds. The Balaban J connectivity index is 2.02. The minimum atomic E-state index is -0.467. The van der Waals surface area contributed by atoms with Gasteiger partial charge >= 0.3 is 0 Å². The maximum absolute atomic E-state index is 13.5. The minimum Gasteiger partial charge on any atom is -0.468 e. The van der Waals surface area contributed by atoms with E-state index in [1.54, 1.807) is 16.4 Å². The first-order chi connectivity index (χ1) is 15.7. The Morgan fingerprint density at radius 2 is 1.48 bits per heavy atom. The Bertz CT molecular complexity index is 1190. The van der Waals surface area contributed by atoms with Gasteiger partial charge in [-0.3, -0.25) is 14.2 Å². The number of carbonyl (C=O) groups is 1. The molecule has 8 heteroatoms. The van der Waals surface area contributed by atoms with Crippen molar-refractivity contribution in [3.63, 3.8) is 0 Å². The molecule has 1 aliphatic heterocycles. The summed E-state index contributed by atoms with van der Waals surface area (Å²) < 4.78 is 7.31. The van der Waals surface area contributed by atoms with E-state index < -0.39 is 5.56 Å². The number of methoxy groups -OCH3 is 1. The number of carbonyl (C=O) groups excluding carboxylic acids is 1. The summed E-state index contributed by atoms with van der Waals surface area (Å²) in [6.07, 6.45) is 0. The number of hydrogen-bond acceptors (Lipinski definition) is 4. The summed E-state index contributed by atoms with van der Waals surface area (Å²) in [5, 5.41) is 1.27. The van der Waals surface area contributed by atoms with Crippen LogP contribution in [-0.2, 0) is 0 Å². The molecule has 0 aliphatic carbocycles. The third-order valence-corrected chi connectivity index (χ3v) is 6.65. The summed E-state index contributed by atoms with van der Waals surface area (Å²) in [5.41, 5.74) is 2.17. The number of halogens is 2. The molecule has 2 heterocycles. The molecule has 0 N–H and O–H groups in total. The second-order valence-electron chi connectivity index (χ2n) is 8.45.